The van der Waals surface area contributed by atoms with Gasteiger partial charge in [-0.15, -0.1) is 0 Å². The van der Waals surface area contributed by atoms with E-state index in [1.165, 1.54) is 6.42 Å². The molecule has 0 heterocycles. The van der Waals surface area contributed by atoms with E-state index in [1.54, 1.807) is 0 Å². The minimum atomic E-state index is 0.319. The quantitative estimate of drug-likeness (QED) is 0.657. The Hall–Kier alpha value is -0.0800. The van der Waals surface area contributed by atoms with Crippen molar-refractivity contribution in [2.45, 2.75) is 47.0 Å². The molecule has 0 radical (unpaired) electrons. The molecular formula is C9H24O2. The van der Waals surface area contributed by atoms with Gasteiger partial charge in [-0.1, -0.05) is 34.1 Å². The lowest BCUT2D eigenvalue weighted by Gasteiger charge is -1.69. The van der Waals surface area contributed by atoms with E-state index in [0.717, 1.165) is 12.8 Å². The van der Waals surface area contributed by atoms with E-state index < -0.39 is 0 Å². The van der Waals surface area contributed by atoms with Gasteiger partial charge in [-0.05, 0) is 12.8 Å². The van der Waals surface area contributed by atoms with Crippen LogP contribution in [0.15, 0.2) is 0 Å². The smallest absolute Gasteiger partial charge is 0.0428 e. The molecule has 0 unspecified atom stereocenters. The van der Waals surface area contributed by atoms with Crippen molar-refractivity contribution < 1.29 is 10.2 Å². The first-order valence-corrected chi connectivity index (χ1v) is 4.46. The fourth-order valence-electron chi connectivity index (χ4n) is 0. The fourth-order valence-corrected chi connectivity index (χ4v) is 0. The molecule has 0 aliphatic rings. The van der Waals surface area contributed by atoms with Crippen LogP contribution in [0.4, 0.5) is 0 Å². The van der Waals surface area contributed by atoms with Crippen molar-refractivity contribution in [1.82, 2.24) is 0 Å². The molecule has 0 aromatic carbocycles. The second-order valence-corrected chi connectivity index (χ2v) is 2.15. The van der Waals surface area contributed by atoms with Gasteiger partial charge in [0.15, 0.2) is 0 Å². The van der Waals surface area contributed by atoms with Crippen LogP contribution in [0.3, 0.4) is 0 Å². The molecule has 2 N–H and O–H groups in total. The van der Waals surface area contributed by atoms with Gasteiger partial charge in [-0.3, -0.25) is 0 Å². The van der Waals surface area contributed by atoms with Crippen LogP contribution in [0, 0.1) is 0 Å². The van der Waals surface area contributed by atoms with E-state index in [9.17, 15) is 0 Å². The van der Waals surface area contributed by atoms with Crippen molar-refractivity contribution in [2.24, 2.45) is 0 Å². The summed E-state index contributed by atoms with van der Waals surface area (Å²) in [6.07, 6.45) is 3.00. The first-order chi connectivity index (χ1) is 5.24. The molecule has 0 atom stereocenters. The summed E-state index contributed by atoms with van der Waals surface area (Å²) in [5.74, 6) is 0. The Morgan fingerprint density at radius 3 is 0.818 bits per heavy atom. The molecule has 0 saturated heterocycles. The number of rotatable bonds is 2. The highest BCUT2D eigenvalue weighted by molar-refractivity contribution is 4.10. The minimum absolute atomic E-state index is 0.319. The number of aliphatic hydroxyl groups excluding tert-OH is 2. The molecule has 0 aliphatic heterocycles. The van der Waals surface area contributed by atoms with E-state index in [0.29, 0.717) is 13.2 Å². The maximum Gasteiger partial charge on any atom is 0.0428 e. The van der Waals surface area contributed by atoms with Crippen molar-refractivity contribution in [3.05, 3.63) is 0 Å². The summed E-state index contributed by atoms with van der Waals surface area (Å²) in [7, 11) is 0. The van der Waals surface area contributed by atoms with Gasteiger partial charge in [-0.2, -0.15) is 0 Å². The van der Waals surface area contributed by atoms with Crippen LogP contribution in [0.25, 0.3) is 0 Å². The van der Waals surface area contributed by atoms with Crippen LogP contribution in [0.2, 0.25) is 0 Å². The monoisotopic (exact) mass is 164 g/mol. The van der Waals surface area contributed by atoms with Crippen molar-refractivity contribution in [1.29, 1.82) is 0 Å². The molecule has 2 heteroatoms. The lowest BCUT2D eigenvalue weighted by Crippen LogP contribution is -1.69. The SMILES string of the molecule is CCC.CCCO.CCCO. The predicted molar refractivity (Wildman–Crippen MR) is 50.7 cm³/mol. The second-order valence-electron chi connectivity index (χ2n) is 2.15. The normalized spacial score (nSPS) is 7.09. The summed E-state index contributed by atoms with van der Waals surface area (Å²) in [4.78, 5) is 0. The van der Waals surface area contributed by atoms with Crippen LogP contribution in [-0.2, 0) is 0 Å². The first kappa shape index (κ1) is 17.1. The molecule has 0 fully saturated rings. The van der Waals surface area contributed by atoms with Gasteiger partial charge in [0.05, 0.1) is 0 Å². The molecule has 0 saturated carbocycles. The van der Waals surface area contributed by atoms with Crippen molar-refractivity contribution in [3.8, 4) is 0 Å². The first-order valence-electron chi connectivity index (χ1n) is 4.46. The standard InChI is InChI=1S/2C3H8O.C3H8/c2*1-2-3-4;1-3-2/h2*4H,2-3H2,1H3;3H2,1-2H3. The fraction of sp³-hybridized carbons (Fsp3) is 1.00. The Morgan fingerprint density at radius 1 is 0.727 bits per heavy atom. The largest absolute Gasteiger partial charge is 0.396 e. The molecule has 0 rings (SSSR count). The van der Waals surface area contributed by atoms with Crippen molar-refractivity contribution in [2.75, 3.05) is 13.2 Å². The molecule has 2 nitrogen and oxygen atoms in total. The van der Waals surface area contributed by atoms with Crippen LogP contribution in [-0.4, -0.2) is 23.4 Å². The highest BCUT2D eigenvalue weighted by Gasteiger charge is 1.57. The van der Waals surface area contributed by atoms with Crippen LogP contribution in [0.5, 0.6) is 0 Å². The molecule has 0 bridgehead atoms. The summed E-state index contributed by atoms with van der Waals surface area (Å²) in [6.45, 7) is 8.75. The van der Waals surface area contributed by atoms with Crippen LogP contribution in [0.1, 0.15) is 47.0 Å². The van der Waals surface area contributed by atoms with Gasteiger partial charge < -0.3 is 10.2 Å². The zero-order chi connectivity index (χ0) is 9.54. The van der Waals surface area contributed by atoms with Crippen molar-refractivity contribution >= 4 is 0 Å². The summed E-state index contributed by atoms with van der Waals surface area (Å²) in [5.41, 5.74) is 0. The molecule has 0 aromatic heterocycles. The van der Waals surface area contributed by atoms with Crippen LogP contribution < -0.4 is 0 Å². The lowest BCUT2D eigenvalue weighted by atomic mass is 10.5. The van der Waals surface area contributed by atoms with Gasteiger partial charge in [0.2, 0.25) is 0 Å². The number of aliphatic hydroxyl groups is 2. The highest BCUT2D eigenvalue weighted by Crippen LogP contribution is 1.61. The number of hydrogen-bond donors (Lipinski definition) is 2. The average Bonchev–Trinajstić information content (AvgIpc) is 2.06. The lowest BCUT2D eigenvalue weighted by molar-refractivity contribution is 0.294. The highest BCUT2D eigenvalue weighted by atomic mass is 16.3. The van der Waals surface area contributed by atoms with E-state index >= 15 is 0 Å². The maximum atomic E-state index is 7.88. The molecule has 11 heavy (non-hydrogen) atoms. The Balaban J connectivity index is -0.0000000886. The minimum Gasteiger partial charge on any atom is -0.396 e. The van der Waals surface area contributed by atoms with Crippen LogP contribution >= 0.6 is 0 Å². The Kier molecular flexibility index (Phi) is 50.8. The summed E-state index contributed by atoms with van der Waals surface area (Å²) >= 11 is 0. The summed E-state index contributed by atoms with van der Waals surface area (Å²) in [5, 5.41) is 15.8. The molecule has 0 spiro atoms. The summed E-state index contributed by atoms with van der Waals surface area (Å²) in [6, 6.07) is 0. The van der Waals surface area contributed by atoms with Gasteiger partial charge in [0, 0.05) is 13.2 Å². The third-order valence-electron chi connectivity index (χ3n) is 0.447. The van der Waals surface area contributed by atoms with Gasteiger partial charge in [-0.25, -0.2) is 0 Å². The summed E-state index contributed by atoms with van der Waals surface area (Å²) < 4.78 is 0. The van der Waals surface area contributed by atoms with E-state index in [4.69, 9.17) is 10.2 Å². The average molecular weight is 164 g/mol. The zero-order valence-electron chi connectivity index (χ0n) is 8.43. The van der Waals surface area contributed by atoms with E-state index in [-0.39, 0.29) is 0 Å². The van der Waals surface area contributed by atoms with Gasteiger partial charge in [0.1, 0.15) is 0 Å². The molecule has 72 valence electrons. The van der Waals surface area contributed by atoms with Gasteiger partial charge >= 0.3 is 0 Å². The Bertz CT molecular complexity index is 22.7. The Morgan fingerprint density at radius 2 is 0.818 bits per heavy atom. The van der Waals surface area contributed by atoms with Crippen molar-refractivity contribution in [3.63, 3.8) is 0 Å². The number of hydrogen-bond acceptors (Lipinski definition) is 2. The van der Waals surface area contributed by atoms with Gasteiger partial charge in [0.25, 0.3) is 0 Å². The predicted octanol–water partition coefficient (Wildman–Crippen LogP) is 2.19. The second kappa shape index (κ2) is 32.6. The third-order valence-corrected chi connectivity index (χ3v) is 0.447. The van der Waals surface area contributed by atoms with E-state index in [2.05, 4.69) is 13.8 Å². The molecule has 0 aromatic rings. The third kappa shape index (κ3) is 169. The zero-order valence-corrected chi connectivity index (χ0v) is 8.43. The molecular weight excluding hydrogens is 140 g/mol. The van der Waals surface area contributed by atoms with E-state index in [1.807, 2.05) is 13.8 Å². The molecule has 0 amide bonds. The molecule has 0 aliphatic carbocycles. The maximum absolute atomic E-state index is 7.88. The Labute approximate surface area is 71.3 Å². The topological polar surface area (TPSA) is 40.5 Å².